The number of ether oxygens (including phenoxy) is 2. The molecule has 0 bridgehead atoms. The smallest absolute Gasteiger partial charge is 0.413 e. The van der Waals surface area contributed by atoms with Crippen molar-refractivity contribution in [3.63, 3.8) is 0 Å². The van der Waals surface area contributed by atoms with E-state index >= 15 is 0 Å². The Kier molecular flexibility index (Phi) is 7.57. The zero-order chi connectivity index (χ0) is 19.9. The molecule has 144 valence electrons. The standard InChI is InChI=1S/C18H27N3O5/c1-11(2)15(16(23)26-18(3,4)5)20-17(24)25-13-8-6-12(7-9-13)10-14(22)21-19/h6-9,11,15H,10,19H2,1-5H3,(H,20,24)(H,21,22). The number of carbonyl (C=O) groups excluding carboxylic acids is 3. The molecule has 0 aromatic heterocycles. The van der Waals surface area contributed by atoms with Crippen molar-refractivity contribution in [2.24, 2.45) is 11.8 Å². The highest BCUT2D eigenvalue weighted by molar-refractivity contribution is 5.82. The van der Waals surface area contributed by atoms with Crippen LogP contribution in [-0.4, -0.2) is 29.6 Å². The lowest BCUT2D eigenvalue weighted by Crippen LogP contribution is -2.48. The van der Waals surface area contributed by atoms with Crippen LogP contribution in [0, 0.1) is 5.92 Å². The second-order valence-corrected chi connectivity index (χ2v) is 7.18. The maximum Gasteiger partial charge on any atom is 0.413 e. The second-order valence-electron chi connectivity index (χ2n) is 7.18. The number of hydrazine groups is 1. The van der Waals surface area contributed by atoms with Gasteiger partial charge >= 0.3 is 12.1 Å². The van der Waals surface area contributed by atoms with Crippen LogP contribution in [0.1, 0.15) is 40.2 Å². The molecule has 26 heavy (non-hydrogen) atoms. The SMILES string of the molecule is CC(C)C(NC(=O)Oc1ccc(CC(=O)NN)cc1)C(=O)OC(C)(C)C. The van der Waals surface area contributed by atoms with Gasteiger partial charge in [-0.05, 0) is 44.4 Å². The minimum absolute atomic E-state index is 0.122. The Morgan fingerprint density at radius 2 is 1.69 bits per heavy atom. The third-order valence-electron chi connectivity index (χ3n) is 3.26. The Morgan fingerprint density at radius 3 is 2.15 bits per heavy atom. The molecule has 1 atom stereocenters. The van der Waals surface area contributed by atoms with Gasteiger partial charge in [0.05, 0.1) is 6.42 Å². The molecule has 0 aliphatic heterocycles. The van der Waals surface area contributed by atoms with Gasteiger partial charge in [-0.15, -0.1) is 0 Å². The lowest BCUT2D eigenvalue weighted by molar-refractivity contribution is -0.158. The highest BCUT2D eigenvalue weighted by Gasteiger charge is 2.29. The first-order valence-electron chi connectivity index (χ1n) is 8.31. The Labute approximate surface area is 153 Å². The van der Waals surface area contributed by atoms with E-state index in [2.05, 4.69) is 5.32 Å². The van der Waals surface area contributed by atoms with Crippen LogP contribution in [0.5, 0.6) is 5.75 Å². The zero-order valence-electron chi connectivity index (χ0n) is 15.8. The summed E-state index contributed by atoms with van der Waals surface area (Å²) in [6.07, 6.45) is -0.640. The number of nitrogens with two attached hydrogens (primary N) is 1. The highest BCUT2D eigenvalue weighted by Crippen LogP contribution is 2.15. The second kappa shape index (κ2) is 9.19. The van der Waals surface area contributed by atoms with Gasteiger partial charge in [-0.3, -0.25) is 10.2 Å². The third kappa shape index (κ3) is 7.52. The van der Waals surface area contributed by atoms with E-state index in [1.807, 2.05) is 5.43 Å². The molecule has 0 saturated carbocycles. The maximum absolute atomic E-state index is 12.2. The summed E-state index contributed by atoms with van der Waals surface area (Å²) >= 11 is 0. The van der Waals surface area contributed by atoms with Gasteiger partial charge in [0.2, 0.25) is 5.91 Å². The molecule has 8 heteroatoms. The van der Waals surface area contributed by atoms with Crippen molar-refractivity contribution in [2.45, 2.75) is 52.7 Å². The van der Waals surface area contributed by atoms with Crippen molar-refractivity contribution >= 4 is 18.0 Å². The fourth-order valence-corrected chi connectivity index (χ4v) is 2.04. The molecule has 0 radical (unpaired) electrons. The van der Waals surface area contributed by atoms with Gasteiger partial charge in [0.25, 0.3) is 0 Å². The van der Waals surface area contributed by atoms with Gasteiger partial charge in [-0.25, -0.2) is 15.4 Å². The first kappa shape index (κ1) is 21.4. The summed E-state index contributed by atoms with van der Waals surface area (Å²) in [4.78, 5) is 35.5. The Bertz CT molecular complexity index is 635. The lowest BCUT2D eigenvalue weighted by Gasteiger charge is -2.26. The first-order chi connectivity index (χ1) is 12.0. The van der Waals surface area contributed by atoms with Crippen LogP contribution in [0.4, 0.5) is 4.79 Å². The molecule has 0 fully saturated rings. The molecule has 0 aliphatic carbocycles. The van der Waals surface area contributed by atoms with Crippen LogP contribution in [-0.2, 0) is 20.7 Å². The molecule has 1 aromatic rings. The summed E-state index contributed by atoms with van der Waals surface area (Å²) in [5.41, 5.74) is 2.11. The summed E-state index contributed by atoms with van der Waals surface area (Å²) in [6, 6.07) is 5.57. The van der Waals surface area contributed by atoms with Crippen molar-refractivity contribution in [3.05, 3.63) is 29.8 Å². The predicted octanol–water partition coefficient (Wildman–Crippen LogP) is 1.67. The number of nitrogens with one attached hydrogen (secondary N) is 2. The summed E-state index contributed by atoms with van der Waals surface area (Å²) in [6.45, 7) is 8.87. The van der Waals surface area contributed by atoms with Crippen LogP contribution in [0.25, 0.3) is 0 Å². The van der Waals surface area contributed by atoms with Crippen molar-refractivity contribution in [3.8, 4) is 5.75 Å². The Hall–Kier alpha value is -2.61. The van der Waals surface area contributed by atoms with Gasteiger partial charge in [-0.2, -0.15) is 0 Å². The molecule has 2 amide bonds. The highest BCUT2D eigenvalue weighted by atomic mass is 16.6. The molecular formula is C18H27N3O5. The number of hydrogen-bond acceptors (Lipinski definition) is 6. The number of carbonyl (C=O) groups is 3. The van der Waals surface area contributed by atoms with Gasteiger partial charge in [0.1, 0.15) is 17.4 Å². The van der Waals surface area contributed by atoms with E-state index in [9.17, 15) is 14.4 Å². The fourth-order valence-electron chi connectivity index (χ4n) is 2.04. The largest absolute Gasteiger partial charge is 0.458 e. The monoisotopic (exact) mass is 365 g/mol. The fraction of sp³-hybridized carbons (Fsp3) is 0.500. The van der Waals surface area contributed by atoms with E-state index in [0.29, 0.717) is 0 Å². The lowest BCUT2D eigenvalue weighted by atomic mass is 10.0. The Morgan fingerprint density at radius 1 is 1.12 bits per heavy atom. The molecule has 1 unspecified atom stereocenters. The zero-order valence-corrected chi connectivity index (χ0v) is 15.8. The van der Waals surface area contributed by atoms with E-state index in [-0.39, 0.29) is 24.0 Å². The van der Waals surface area contributed by atoms with E-state index in [0.717, 1.165) is 5.56 Å². The summed E-state index contributed by atoms with van der Waals surface area (Å²) in [7, 11) is 0. The number of amides is 2. The predicted molar refractivity (Wildman–Crippen MR) is 96.1 cm³/mol. The van der Waals surface area contributed by atoms with Crippen LogP contribution in [0.2, 0.25) is 0 Å². The maximum atomic E-state index is 12.2. The van der Waals surface area contributed by atoms with Crippen molar-refractivity contribution in [1.82, 2.24) is 10.7 Å². The average molecular weight is 365 g/mol. The number of hydrogen-bond donors (Lipinski definition) is 3. The summed E-state index contributed by atoms with van der Waals surface area (Å²) in [5, 5.41) is 2.53. The first-order valence-corrected chi connectivity index (χ1v) is 8.31. The van der Waals surface area contributed by atoms with Gasteiger partial charge in [0, 0.05) is 0 Å². The molecule has 8 nitrogen and oxygen atoms in total. The van der Waals surface area contributed by atoms with Gasteiger partial charge < -0.3 is 14.8 Å². The molecule has 0 spiro atoms. The van der Waals surface area contributed by atoms with Crippen molar-refractivity contribution < 1.29 is 23.9 Å². The number of rotatable bonds is 6. The molecule has 1 aromatic carbocycles. The van der Waals surface area contributed by atoms with Crippen LogP contribution in [0.15, 0.2) is 24.3 Å². The normalized spacial score (nSPS) is 12.3. The molecule has 0 aliphatic rings. The van der Waals surface area contributed by atoms with E-state index in [4.69, 9.17) is 15.3 Å². The molecular weight excluding hydrogens is 338 g/mol. The molecule has 4 N–H and O–H groups in total. The quantitative estimate of drug-likeness (QED) is 0.305. The van der Waals surface area contributed by atoms with E-state index in [1.54, 1.807) is 58.9 Å². The Balaban J connectivity index is 2.68. The summed E-state index contributed by atoms with van der Waals surface area (Å²) < 4.78 is 10.5. The van der Waals surface area contributed by atoms with E-state index in [1.165, 1.54) is 0 Å². The van der Waals surface area contributed by atoms with E-state index < -0.39 is 23.7 Å². The molecule has 1 rings (SSSR count). The molecule has 0 saturated heterocycles. The van der Waals surface area contributed by atoms with Crippen molar-refractivity contribution in [1.29, 1.82) is 0 Å². The third-order valence-corrected chi connectivity index (χ3v) is 3.26. The summed E-state index contributed by atoms with van der Waals surface area (Å²) in [5.74, 6) is 4.30. The van der Waals surface area contributed by atoms with Gasteiger partial charge in [0.15, 0.2) is 0 Å². The minimum atomic E-state index is -0.825. The number of benzene rings is 1. The topological polar surface area (TPSA) is 120 Å². The van der Waals surface area contributed by atoms with Crippen LogP contribution in [0.3, 0.4) is 0 Å². The number of esters is 1. The van der Waals surface area contributed by atoms with Crippen LogP contribution >= 0.6 is 0 Å². The van der Waals surface area contributed by atoms with Crippen molar-refractivity contribution in [2.75, 3.05) is 0 Å². The molecule has 0 heterocycles. The van der Waals surface area contributed by atoms with Gasteiger partial charge in [-0.1, -0.05) is 26.0 Å². The van der Waals surface area contributed by atoms with Crippen LogP contribution < -0.4 is 21.3 Å². The minimum Gasteiger partial charge on any atom is -0.458 e. The average Bonchev–Trinajstić information content (AvgIpc) is 2.52.